The molecule has 1 fully saturated rings. The molecule has 0 aliphatic carbocycles. The second-order valence-corrected chi connectivity index (χ2v) is 4.66. The van der Waals surface area contributed by atoms with E-state index in [0.29, 0.717) is 6.54 Å². The van der Waals surface area contributed by atoms with Crippen LogP contribution in [-0.4, -0.2) is 30.6 Å². The minimum absolute atomic E-state index is 0.0236. The maximum atomic E-state index is 12.1. The van der Waals surface area contributed by atoms with Crippen LogP contribution >= 0.6 is 0 Å². The number of benzene rings is 1. The Balaban J connectivity index is 2.12. The lowest BCUT2D eigenvalue weighted by Crippen LogP contribution is -2.32. The molecule has 2 rings (SSSR count). The van der Waals surface area contributed by atoms with Gasteiger partial charge in [0.2, 0.25) is 0 Å². The predicted octanol–water partition coefficient (Wildman–Crippen LogP) is 1.93. The molecule has 100 valence electrons. The molecule has 0 radical (unpaired) electrons. The maximum Gasteiger partial charge on any atom is 0.321 e. The number of rotatable bonds is 1. The molecule has 1 aromatic rings. The van der Waals surface area contributed by atoms with Gasteiger partial charge in [-0.15, -0.1) is 0 Å². The van der Waals surface area contributed by atoms with Crippen LogP contribution in [0.1, 0.15) is 24.0 Å². The Bertz CT molecular complexity index is 522. The molecule has 1 heterocycles. The van der Waals surface area contributed by atoms with Crippen molar-refractivity contribution < 1.29 is 4.79 Å². The molecule has 19 heavy (non-hydrogen) atoms. The lowest BCUT2D eigenvalue weighted by molar-refractivity contribution is 0.222. The van der Waals surface area contributed by atoms with Crippen molar-refractivity contribution >= 4 is 11.7 Å². The van der Waals surface area contributed by atoms with Crippen molar-refractivity contribution in [1.82, 2.24) is 4.90 Å². The summed E-state index contributed by atoms with van der Waals surface area (Å²) in [4.78, 5) is 13.9. The first kappa shape index (κ1) is 13.4. The summed E-state index contributed by atoms with van der Waals surface area (Å²) >= 11 is 0. The second-order valence-electron chi connectivity index (χ2n) is 4.66. The zero-order valence-corrected chi connectivity index (χ0v) is 11.2. The molecular weight excluding hydrogens is 238 g/mol. The van der Waals surface area contributed by atoms with Crippen LogP contribution in [0, 0.1) is 18.8 Å². The van der Waals surface area contributed by atoms with E-state index in [2.05, 4.69) is 17.2 Å². The van der Waals surface area contributed by atoms with E-state index in [1.807, 2.05) is 30.0 Å². The van der Waals surface area contributed by atoms with E-state index in [0.717, 1.165) is 42.7 Å². The van der Waals surface area contributed by atoms with Gasteiger partial charge in [-0.05, 0) is 37.5 Å². The van der Waals surface area contributed by atoms with Crippen LogP contribution in [0.15, 0.2) is 18.2 Å². The first-order valence-electron chi connectivity index (χ1n) is 6.56. The number of anilines is 1. The van der Waals surface area contributed by atoms with E-state index in [4.69, 9.17) is 5.73 Å². The molecule has 0 unspecified atom stereocenters. The zero-order chi connectivity index (χ0) is 13.7. The number of carbonyl (C=O) groups is 1. The fourth-order valence-corrected chi connectivity index (χ4v) is 2.10. The van der Waals surface area contributed by atoms with Crippen molar-refractivity contribution in [2.45, 2.75) is 19.8 Å². The highest BCUT2D eigenvalue weighted by atomic mass is 16.2. The summed E-state index contributed by atoms with van der Waals surface area (Å²) in [7, 11) is 0. The molecule has 0 bridgehead atoms. The standard InChI is InChI=1S/C15H19N3O/c1-12-6-7-13(5-4-8-16)11-14(12)17-15(19)18-9-2-3-10-18/h6-7,11H,2-3,8-10,16H2,1H3,(H,17,19). The number of nitrogens with zero attached hydrogens (tertiary/aromatic N) is 1. The molecule has 3 N–H and O–H groups in total. The van der Waals surface area contributed by atoms with E-state index in [1.165, 1.54) is 0 Å². The molecule has 1 aliphatic heterocycles. The van der Waals surface area contributed by atoms with Gasteiger partial charge in [-0.1, -0.05) is 17.9 Å². The Morgan fingerprint density at radius 3 is 2.84 bits per heavy atom. The van der Waals surface area contributed by atoms with Gasteiger partial charge in [0, 0.05) is 24.3 Å². The molecule has 1 aliphatic rings. The minimum atomic E-state index is -0.0236. The van der Waals surface area contributed by atoms with E-state index >= 15 is 0 Å². The van der Waals surface area contributed by atoms with E-state index in [1.54, 1.807) is 0 Å². The number of amides is 2. The third-order valence-electron chi connectivity index (χ3n) is 3.21. The highest BCUT2D eigenvalue weighted by Gasteiger charge is 2.18. The third-order valence-corrected chi connectivity index (χ3v) is 3.21. The van der Waals surface area contributed by atoms with Crippen molar-refractivity contribution in [2.24, 2.45) is 5.73 Å². The lowest BCUT2D eigenvalue weighted by atomic mass is 10.1. The molecule has 2 amide bonds. The molecule has 0 atom stereocenters. The smallest absolute Gasteiger partial charge is 0.321 e. The Labute approximate surface area is 114 Å². The minimum Gasteiger partial charge on any atom is -0.325 e. The van der Waals surface area contributed by atoms with Crippen LogP contribution in [0.2, 0.25) is 0 Å². The average molecular weight is 257 g/mol. The fourth-order valence-electron chi connectivity index (χ4n) is 2.10. The Hall–Kier alpha value is -1.99. The van der Waals surface area contributed by atoms with Gasteiger partial charge in [-0.3, -0.25) is 0 Å². The zero-order valence-electron chi connectivity index (χ0n) is 11.2. The quantitative estimate of drug-likeness (QED) is 0.755. The topological polar surface area (TPSA) is 58.4 Å². The number of hydrogen-bond acceptors (Lipinski definition) is 2. The SMILES string of the molecule is Cc1ccc(C#CCN)cc1NC(=O)N1CCCC1. The van der Waals surface area contributed by atoms with Gasteiger partial charge in [0.25, 0.3) is 0 Å². The number of urea groups is 1. The molecule has 0 aromatic heterocycles. The predicted molar refractivity (Wildman–Crippen MR) is 76.9 cm³/mol. The van der Waals surface area contributed by atoms with Crippen molar-refractivity contribution in [2.75, 3.05) is 25.0 Å². The number of carbonyl (C=O) groups excluding carboxylic acids is 1. The van der Waals surface area contributed by atoms with Crippen molar-refractivity contribution in [3.05, 3.63) is 29.3 Å². The molecule has 1 aromatic carbocycles. The molecule has 0 saturated carbocycles. The molecular formula is C15H19N3O. The average Bonchev–Trinajstić information content (AvgIpc) is 2.93. The van der Waals surface area contributed by atoms with Gasteiger partial charge in [-0.25, -0.2) is 4.79 Å². The maximum absolute atomic E-state index is 12.1. The van der Waals surface area contributed by atoms with Gasteiger partial charge in [-0.2, -0.15) is 0 Å². The monoisotopic (exact) mass is 257 g/mol. The van der Waals surface area contributed by atoms with Gasteiger partial charge < -0.3 is 16.0 Å². The van der Waals surface area contributed by atoms with Crippen LogP contribution in [0.5, 0.6) is 0 Å². The summed E-state index contributed by atoms with van der Waals surface area (Å²) in [6.07, 6.45) is 2.18. The summed E-state index contributed by atoms with van der Waals surface area (Å²) in [5, 5.41) is 2.96. The van der Waals surface area contributed by atoms with E-state index < -0.39 is 0 Å². The first-order chi connectivity index (χ1) is 9.20. The highest BCUT2D eigenvalue weighted by molar-refractivity contribution is 5.90. The van der Waals surface area contributed by atoms with Gasteiger partial charge in [0.15, 0.2) is 0 Å². The molecule has 4 nitrogen and oxygen atoms in total. The Kier molecular flexibility index (Phi) is 4.43. The van der Waals surface area contributed by atoms with Crippen LogP contribution in [0.4, 0.5) is 10.5 Å². The largest absolute Gasteiger partial charge is 0.325 e. The Morgan fingerprint density at radius 1 is 1.42 bits per heavy atom. The third kappa shape index (κ3) is 3.49. The van der Waals surface area contributed by atoms with Gasteiger partial charge >= 0.3 is 6.03 Å². The number of nitrogens with two attached hydrogens (primary N) is 1. The van der Waals surface area contributed by atoms with Crippen LogP contribution in [0.25, 0.3) is 0 Å². The normalized spacial score (nSPS) is 13.9. The summed E-state index contributed by atoms with van der Waals surface area (Å²) in [6.45, 7) is 4.00. The van der Waals surface area contributed by atoms with Crippen molar-refractivity contribution in [3.63, 3.8) is 0 Å². The second kappa shape index (κ2) is 6.26. The van der Waals surface area contributed by atoms with Crippen molar-refractivity contribution in [1.29, 1.82) is 0 Å². The summed E-state index contributed by atoms with van der Waals surface area (Å²) < 4.78 is 0. The molecule has 0 spiro atoms. The number of aryl methyl sites for hydroxylation is 1. The number of nitrogens with one attached hydrogen (secondary N) is 1. The highest BCUT2D eigenvalue weighted by Crippen LogP contribution is 2.18. The van der Waals surface area contributed by atoms with Gasteiger partial charge in [0.05, 0.1) is 6.54 Å². The fraction of sp³-hybridized carbons (Fsp3) is 0.400. The van der Waals surface area contributed by atoms with E-state index in [-0.39, 0.29) is 6.03 Å². The number of likely N-dealkylation sites (tertiary alicyclic amines) is 1. The summed E-state index contributed by atoms with van der Waals surface area (Å²) in [5.74, 6) is 5.79. The number of hydrogen-bond donors (Lipinski definition) is 2. The van der Waals surface area contributed by atoms with Gasteiger partial charge in [0.1, 0.15) is 0 Å². The summed E-state index contributed by atoms with van der Waals surface area (Å²) in [5.41, 5.74) is 8.08. The first-order valence-corrected chi connectivity index (χ1v) is 6.56. The Morgan fingerprint density at radius 2 is 2.16 bits per heavy atom. The molecule has 4 heteroatoms. The van der Waals surface area contributed by atoms with Crippen LogP contribution in [-0.2, 0) is 0 Å². The lowest BCUT2D eigenvalue weighted by Gasteiger charge is -2.17. The van der Waals surface area contributed by atoms with E-state index in [9.17, 15) is 4.79 Å². The molecule has 1 saturated heterocycles. The van der Waals surface area contributed by atoms with Crippen LogP contribution < -0.4 is 11.1 Å². The summed E-state index contributed by atoms with van der Waals surface area (Å²) in [6, 6.07) is 5.76. The van der Waals surface area contributed by atoms with Crippen LogP contribution in [0.3, 0.4) is 0 Å². The van der Waals surface area contributed by atoms with Crippen molar-refractivity contribution in [3.8, 4) is 11.8 Å².